The van der Waals surface area contributed by atoms with E-state index in [-0.39, 0.29) is 17.4 Å². The average Bonchev–Trinajstić information content (AvgIpc) is 2.69. The number of nitrogens with zero attached hydrogens (tertiary/aromatic N) is 1. The number of rotatable bonds is 9. The minimum absolute atomic E-state index is 0.0300. The SMILES string of the molecule is CCC(C(=O)NC(C)(C)C)N(CCc1ccccc1)C(=O)CCc1ccc(C)cc1. The molecule has 0 heterocycles. The van der Waals surface area contributed by atoms with Crippen LogP contribution in [0, 0.1) is 6.92 Å². The molecule has 0 radical (unpaired) electrons. The molecule has 0 aliphatic carbocycles. The molecule has 0 aromatic heterocycles. The van der Waals surface area contributed by atoms with Crippen molar-refractivity contribution in [2.75, 3.05) is 6.54 Å². The van der Waals surface area contributed by atoms with Gasteiger partial charge in [0, 0.05) is 18.5 Å². The van der Waals surface area contributed by atoms with Crippen LogP contribution in [-0.2, 0) is 22.4 Å². The Balaban J connectivity index is 2.14. The highest BCUT2D eigenvalue weighted by Crippen LogP contribution is 2.14. The number of carbonyl (C=O) groups excluding carboxylic acids is 2. The van der Waals surface area contributed by atoms with E-state index in [9.17, 15) is 9.59 Å². The van der Waals surface area contributed by atoms with Gasteiger partial charge in [0.15, 0.2) is 0 Å². The lowest BCUT2D eigenvalue weighted by molar-refractivity contribution is -0.141. The summed E-state index contributed by atoms with van der Waals surface area (Å²) in [6.45, 7) is 10.4. The van der Waals surface area contributed by atoms with Crippen molar-refractivity contribution in [1.29, 1.82) is 0 Å². The largest absolute Gasteiger partial charge is 0.350 e. The summed E-state index contributed by atoms with van der Waals surface area (Å²) in [6.07, 6.45) is 2.40. The molecule has 2 amide bonds. The van der Waals surface area contributed by atoms with E-state index in [1.165, 1.54) is 11.1 Å². The molecule has 0 spiro atoms. The van der Waals surface area contributed by atoms with Crippen LogP contribution in [0.5, 0.6) is 0 Å². The first-order valence-corrected chi connectivity index (χ1v) is 10.9. The molecule has 0 fully saturated rings. The van der Waals surface area contributed by atoms with Gasteiger partial charge < -0.3 is 10.2 Å². The molecule has 0 saturated carbocycles. The number of hydrogen-bond donors (Lipinski definition) is 1. The van der Waals surface area contributed by atoms with Gasteiger partial charge in [-0.15, -0.1) is 0 Å². The van der Waals surface area contributed by atoms with E-state index in [1.807, 2.05) is 45.9 Å². The van der Waals surface area contributed by atoms with Gasteiger partial charge >= 0.3 is 0 Å². The van der Waals surface area contributed by atoms with E-state index in [1.54, 1.807) is 4.90 Å². The molecule has 1 N–H and O–H groups in total. The molecular formula is C26H36N2O2. The second kappa shape index (κ2) is 11.0. The molecule has 4 heteroatoms. The van der Waals surface area contributed by atoms with Crippen LogP contribution in [0.4, 0.5) is 0 Å². The van der Waals surface area contributed by atoms with Crippen LogP contribution >= 0.6 is 0 Å². The highest BCUT2D eigenvalue weighted by atomic mass is 16.2. The predicted molar refractivity (Wildman–Crippen MR) is 123 cm³/mol. The van der Waals surface area contributed by atoms with Gasteiger partial charge in [0.1, 0.15) is 6.04 Å². The summed E-state index contributed by atoms with van der Waals surface area (Å²) in [4.78, 5) is 28.0. The van der Waals surface area contributed by atoms with Crippen LogP contribution < -0.4 is 5.32 Å². The molecule has 1 unspecified atom stereocenters. The van der Waals surface area contributed by atoms with Crippen molar-refractivity contribution in [2.45, 2.75) is 71.9 Å². The van der Waals surface area contributed by atoms with Crippen molar-refractivity contribution in [3.63, 3.8) is 0 Å². The summed E-state index contributed by atoms with van der Waals surface area (Å²) in [6, 6.07) is 17.9. The maximum absolute atomic E-state index is 13.2. The lowest BCUT2D eigenvalue weighted by atomic mass is 10.0. The van der Waals surface area contributed by atoms with Gasteiger partial charge in [0.25, 0.3) is 0 Å². The number of benzene rings is 2. The Labute approximate surface area is 181 Å². The summed E-state index contributed by atoms with van der Waals surface area (Å²) < 4.78 is 0. The summed E-state index contributed by atoms with van der Waals surface area (Å²) in [7, 11) is 0. The first kappa shape index (κ1) is 23.7. The monoisotopic (exact) mass is 408 g/mol. The zero-order valence-corrected chi connectivity index (χ0v) is 19.1. The van der Waals surface area contributed by atoms with Crippen molar-refractivity contribution in [2.24, 2.45) is 0 Å². The second-order valence-corrected chi connectivity index (χ2v) is 8.97. The van der Waals surface area contributed by atoms with E-state index in [2.05, 4.69) is 48.6 Å². The van der Waals surface area contributed by atoms with Crippen LogP contribution in [0.25, 0.3) is 0 Å². The van der Waals surface area contributed by atoms with E-state index < -0.39 is 6.04 Å². The van der Waals surface area contributed by atoms with Crippen LogP contribution in [0.3, 0.4) is 0 Å². The van der Waals surface area contributed by atoms with Gasteiger partial charge in [-0.05, 0) is 58.1 Å². The van der Waals surface area contributed by atoms with E-state index in [0.29, 0.717) is 25.8 Å². The van der Waals surface area contributed by atoms with Crippen molar-refractivity contribution in [3.8, 4) is 0 Å². The highest BCUT2D eigenvalue weighted by molar-refractivity contribution is 5.88. The van der Waals surface area contributed by atoms with Crippen LogP contribution in [0.1, 0.15) is 57.2 Å². The average molecular weight is 409 g/mol. The van der Waals surface area contributed by atoms with Gasteiger partial charge in [0.2, 0.25) is 11.8 Å². The Bertz CT molecular complexity index is 807. The van der Waals surface area contributed by atoms with Crippen molar-refractivity contribution >= 4 is 11.8 Å². The summed E-state index contributed by atoms with van der Waals surface area (Å²) >= 11 is 0. The second-order valence-electron chi connectivity index (χ2n) is 8.97. The third kappa shape index (κ3) is 7.66. The van der Waals surface area contributed by atoms with Crippen molar-refractivity contribution in [1.82, 2.24) is 10.2 Å². The molecule has 162 valence electrons. The highest BCUT2D eigenvalue weighted by Gasteiger charge is 2.30. The number of nitrogens with one attached hydrogen (secondary N) is 1. The summed E-state index contributed by atoms with van der Waals surface area (Å²) in [5.74, 6) is -0.0517. The zero-order chi connectivity index (χ0) is 22.1. The fourth-order valence-electron chi connectivity index (χ4n) is 3.50. The van der Waals surface area contributed by atoms with E-state index >= 15 is 0 Å². The minimum Gasteiger partial charge on any atom is -0.350 e. The first-order chi connectivity index (χ1) is 14.2. The van der Waals surface area contributed by atoms with Crippen molar-refractivity contribution in [3.05, 3.63) is 71.3 Å². The Hall–Kier alpha value is -2.62. The summed E-state index contributed by atoms with van der Waals surface area (Å²) in [5, 5.41) is 3.05. The molecule has 2 rings (SSSR count). The van der Waals surface area contributed by atoms with Gasteiger partial charge in [-0.1, -0.05) is 67.1 Å². The zero-order valence-electron chi connectivity index (χ0n) is 19.1. The lowest BCUT2D eigenvalue weighted by Crippen LogP contribution is -2.54. The van der Waals surface area contributed by atoms with E-state index in [0.717, 1.165) is 12.0 Å². The number of hydrogen-bond acceptors (Lipinski definition) is 2. The summed E-state index contributed by atoms with van der Waals surface area (Å²) in [5.41, 5.74) is 3.18. The molecule has 30 heavy (non-hydrogen) atoms. The fourth-order valence-corrected chi connectivity index (χ4v) is 3.50. The standard InChI is InChI=1S/C26H36N2O2/c1-6-23(25(30)27-26(3,4)5)28(19-18-21-10-8-7-9-11-21)24(29)17-16-22-14-12-20(2)13-15-22/h7-15,23H,6,16-19H2,1-5H3,(H,27,30). The number of amides is 2. The Morgan fingerprint density at radius 1 is 0.933 bits per heavy atom. The molecule has 0 aliphatic rings. The predicted octanol–water partition coefficient (Wildman–Crippen LogP) is 4.69. The maximum atomic E-state index is 13.2. The van der Waals surface area contributed by atoms with Gasteiger partial charge in [-0.3, -0.25) is 9.59 Å². The Morgan fingerprint density at radius 3 is 2.10 bits per heavy atom. The Morgan fingerprint density at radius 2 is 1.53 bits per heavy atom. The van der Waals surface area contributed by atoms with Gasteiger partial charge in [0.05, 0.1) is 0 Å². The third-order valence-corrected chi connectivity index (χ3v) is 5.12. The molecule has 0 bridgehead atoms. The van der Waals surface area contributed by atoms with Gasteiger partial charge in [-0.2, -0.15) is 0 Å². The molecule has 2 aromatic carbocycles. The van der Waals surface area contributed by atoms with E-state index in [4.69, 9.17) is 0 Å². The Kier molecular flexibility index (Phi) is 8.64. The van der Waals surface area contributed by atoms with Crippen molar-refractivity contribution < 1.29 is 9.59 Å². The molecular weight excluding hydrogens is 372 g/mol. The minimum atomic E-state index is -0.460. The number of carbonyl (C=O) groups is 2. The normalized spacial score (nSPS) is 12.3. The van der Waals surface area contributed by atoms with Crippen LogP contribution in [0.15, 0.2) is 54.6 Å². The quantitative estimate of drug-likeness (QED) is 0.654. The number of aryl methyl sites for hydroxylation is 2. The third-order valence-electron chi connectivity index (χ3n) is 5.12. The maximum Gasteiger partial charge on any atom is 0.243 e. The molecule has 1 atom stereocenters. The van der Waals surface area contributed by atoms with Gasteiger partial charge in [-0.25, -0.2) is 0 Å². The molecule has 4 nitrogen and oxygen atoms in total. The molecule has 0 aliphatic heterocycles. The molecule has 2 aromatic rings. The first-order valence-electron chi connectivity index (χ1n) is 10.9. The molecule has 0 saturated heterocycles. The lowest BCUT2D eigenvalue weighted by Gasteiger charge is -2.33. The van der Waals surface area contributed by atoms with Crippen LogP contribution in [0.2, 0.25) is 0 Å². The van der Waals surface area contributed by atoms with Crippen LogP contribution in [-0.4, -0.2) is 34.8 Å². The smallest absolute Gasteiger partial charge is 0.243 e. The topological polar surface area (TPSA) is 49.4 Å². The fraction of sp³-hybridized carbons (Fsp3) is 0.462.